The van der Waals surface area contributed by atoms with Gasteiger partial charge in [-0.15, -0.1) is 0 Å². The molecule has 32 heteroatoms. The van der Waals surface area contributed by atoms with E-state index in [1.165, 1.54) is 6.92 Å². The SMILES string of the molecule is CC(=O)N[C@H]1[C@H](O[C@@H]([C@H](O[C@@H]2O[C@@H](C)[C@@H](O)[C@@H](O)[C@@H]2O)[C@H](C=O)NC(C)=O)[C@H](O)CO)O[C@H](CO)[C@@H](O[C@@H]2O[C@H](CO[C@H]3O[C@H](CO)[C@@H](O)[C@H](O[C@H]4O[C@H](CO)[C@@H](O)[C@H](O)[C@@H]4O)[C@@H]3O)[C@@H](O)[C@H](O)[C@@H]2O)[C@@H]1O. The van der Waals surface area contributed by atoms with E-state index in [0.29, 0.717) is 0 Å². The molecule has 5 fully saturated rings. The number of rotatable bonds is 21. The number of nitrogens with one attached hydrogen (secondary N) is 2. The average Bonchev–Trinajstić information content (AvgIpc) is 3.35. The van der Waals surface area contributed by atoms with Gasteiger partial charge in [0.15, 0.2) is 31.5 Å². The standard InChI is InChI=1S/C40H68N2O30/c1-10-20(51)25(56)28(59)38(64-10)69-32(13(4-43)41-11(2)48)33(14(50)5-44)70-36-19(42-12(3)49)24(55)34(17(8-47)67-36)71-40-30(61)27(58)22(53)18(68-40)9-63-37-31(62)35(23(54)16(7-46)65-37)72-39-29(60)26(57)21(52)15(6-45)66-39/h4,10,13-40,44-47,50-62H,5-9H2,1-3H3,(H,41,48)(H,42,49)/t10-,13-,14+,15+,16+,17+,18+,19+,20+,21+,22+,23+,24+,25+,26-,27-,28-,29-,30-,31-,32+,33+,34+,35-,36-,37-,38-,39+,40-/m0/s1. The molecule has 32 nitrogen and oxygen atoms in total. The first-order valence-corrected chi connectivity index (χ1v) is 22.7. The van der Waals surface area contributed by atoms with E-state index in [-0.39, 0.29) is 6.29 Å². The van der Waals surface area contributed by atoms with Crippen LogP contribution < -0.4 is 10.6 Å². The number of hydrogen-bond donors (Lipinski definition) is 19. The van der Waals surface area contributed by atoms with Gasteiger partial charge in [0.05, 0.1) is 39.1 Å². The van der Waals surface area contributed by atoms with Gasteiger partial charge in [0, 0.05) is 13.8 Å². The number of carbonyl (C=O) groups excluding carboxylic acids is 3. The summed E-state index contributed by atoms with van der Waals surface area (Å²) in [6, 6.07) is -3.67. The third-order valence-electron chi connectivity index (χ3n) is 12.7. The number of aliphatic hydroxyl groups excluding tert-OH is 17. The van der Waals surface area contributed by atoms with Crippen LogP contribution in [0.1, 0.15) is 20.8 Å². The fourth-order valence-electron chi connectivity index (χ4n) is 8.66. The van der Waals surface area contributed by atoms with Crippen LogP contribution in [0.4, 0.5) is 0 Å². The van der Waals surface area contributed by atoms with E-state index in [4.69, 9.17) is 47.4 Å². The molecule has 72 heavy (non-hydrogen) atoms. The quantitative estimate of drug-likeness (QED) is 0.0475. The average molecular weight is 1060 g/mol. The zero-order valence-electron chi connectivity index (χ0n) is 38.8. The molecule has 0 spiro atoms. The fraction of sp³-hybridized carbons (Fsp3) is 0.925. The molecule has 0 bridgehead atoms. The molecule has 19 N–H and O–H groups in total. The Hall–Kier alpha value is -2.47. The van der Waals surface area contributed by atoms with Crippen molar-refractivity contribution in [1.29, 1.82) is 0 Å². The molecular formula is C40H68N2O30. The Morgan fingerprint density at radius 1 is 0.528 bits per heavy atom. The second-order valence-corrected chi connectivity index (χ2v) is 17.9. The lowest BCUT2D eigenvalue weighted by Crippen LogP contribution is -2.69. The van der Waals surface area contributed by atoms with Crippen molar-refractivity contribution in [3.05, 3.63) is 0 Å². The molecule has 5 rings (SSSR count). The summed E-state index contributed by atoms with van der Waals surface area (Å²) in [6.07, 6.45) is -51.2. The predicted octanol–water partition coefficient (Wildman–Crippen LogP) is -12.9. The first kappa shape index (κ1) is 60.4. The Bertz CT molecular complexity index is 1710. The smallest absolute Gasteiger partial charge is 0.217 e. The van der Waals surface area contributed by atoms with E-state index in [9.17, 15) is 101 Å². The number of amides is 2. The minimum Gasteiger partial charge on any atom is -0.394 e. The summed E-state index contributed by atoms with van der Waals surface area (Å²) in [7, 11) is 0. The molecule has 0 saturated carbocycles. The Balaban J connectivity index is 1.35. The summed E-state index contributed by atoms with van der Waals surface area (Å²) in [5.41, 5.74) is 0. The molecule has 418 valence electrons. The van der Waals surface area contributed by atoms with Gasteiger partial charge in [0.25, 0.3) is 0 Å². The van der Waals surface area contributed by atoms with Crippen molar-refractivity contribution >= 4 is 18.1 Å². The first-order valence-electron chi connectivity index (χ1n) is 22.7. The molecule has 5 saturated heterocycles. The highest BCUT2D eigenvalue weighted by Crippen LogP contribution is 2.34. The Kier molecular flexibility index (Phi) is 22.3. The monoisotopic (exact) mass is 1060 g/mol. The van der Waals surface area contributed by atoms with Crippen LogP contribution in [-0.2, 0) is 61.8 Å². The fourth-order valence-corrected chi connectivity index (χ4v) is 8.66. The molecule has 0 unspecified atom stereocenters. The van der Waals surface area contributed by atoms with E-state index in [0.717, 1.165) is 13.8 Å². The zero-order valence-corrected chi connectivity index (χ0v) is 38.8. The summed E-state index contributed by atoms with van der Waals surface area (Å²) in [4.78, 5) is 37.3. The number of aldehydes is 1. The molecule has 0 aliphatic carbocycles. The highest BCUT2D eigenvalue weighted by molar-refractivity contribution is 5.77. The van der Waals surface area contributed by atoms with Crippen molar-refractivity contribution in [1.82, 2.24) is 10.6 Å². The zero-order chi connectivity index (χ0) is 53.6. The Morgan fingerprint density at radius 2 is 1.01 bits per heavy atom. The summed E-state index contributed by atoms with van der Waals surface area (Å²) in [6.45, 7) is -1.70. The van der Waals surface area contributed by atoms with Gasteiger partial charge >= 0.3 is 0 Å². The minimum atomic E-state index is -2.17. The van der Waals surface area contributed by atoms with Crippen molar-refractivity contribution in [3.8, 4) is 0 Å². The molecule has 5 aliphatic rings. The van der Waals surface area contributed by atoms with Crippen LogP contribution in [0.15, 0.2) is 0 Å². The molecule has 0 aromatic carbocycles. The van der Waals surface area contributed by atoms with E-state index >= 15 is 0 Å². The second-order valence-electron chi connectivity index (χ2n) is 17.9. The lowest BCUT2D eigenvalue weighted by atomic mass is 9.94. The van der Waals surface area contributed by atoms with Crippen molar-refractivity contribution in [2.45, 2.75) is 199 Å². The van der Waals surface area contributed by atoms with Gasteiger partial charge in [-0.05, 0) is 6.92 Å². The summed E-state index contributed by atoms with van der Waals surface area (Å²) in [5, 5.41) is 185. The highest BCUT2D eigenvalue weighted by Gasteiger charge is 2.56. The van der Waals surface area contributed by atoms with Gasteiger partial charge in [-0.2, -0.15) is 0 Å². The molecule has 2 amide bonds. The number of carbonyl (C=O) groups is 3. The topological polar surface area (TPSA) is 511 Å². The second kappa shape index (κ2) is 26.5. The maximum absolute atomic E-state index is 12.6. The molecule has 0 aromatic rings. The van der Waals surface area contributed by atoms with E-state index in [1.54, 1.807) is 0 Å². The number of aliphatic hydroxyl groups is 17. The third kappa shape index (κ3) is 13.5. The Morgan fingerprint density at radius 3 is 1.56 bits per heavy atom. The van der Waals surface area contributed by atoms with Gasteiger partial charge < -0.3 is 150 Å². The van der Waals surface area contributed by atoms with Gasteiger partial charge in [-0.25, -0.2) is 0 Å². The first-order chi connectivity index (χ1) is 33.9. The van der Waals surface area contributed by atoms with Crippen LogP contribution in [0.5, 0.6) is 0 Å². The third-order valence-corrected chi connectivity index (χ3v) is 12.7. The molecule has 0 radical (unpaired) electrons. The van der Waals surface area contributed by atoms with Gasteiger partial charge in [0.1, 0.15) is 147 Å². The van der Waals surface area contributed by atoms with Crippen LogP contribution in [0.25, 0.3) is 0 Å². The molecule has 5 aliphatic heterocycles. The van der Waals surface area contributed by atoms with Crippen LogP contribution in [0.2, 0.25) is 0 Å². The summed E-state index contributed by atoms with van der Waals surface area (Å²) >= 11 is 0. The molecular weight excluding hydrogens is 988 g/mol. The van der Waals surface area contributed by atoms with Crippen molar-refractivity contribution < 1.29 is 149 Å². The molecule has 29 atom stereocenters. The number of hydrogen-bond acceptors (Lipinski definition) is 30. The van der Waals surface area contributed by atoms with Gasteiger partial charge in [0.2, 0.25) is 11.8 Å². The lowest BCUT2D eigenvalue weighted by Gasteiger charge is -2.49. The van der Waals surface area contributed by atoms with Crippen molar-refractivity contribution in [2.24, 2.45) is 0 Å². The van der Waals surface area contributed by atoms with Crippen molar-refractivity contribution in [2.75, 3.05) is 33.0 Å². The Labute approximate surface area is 408 Å². The largest absolute Gasteiger partial charge is 0.394 e. The van der Waals surface area contributed by atoms with Crippen LogP contribution in [0.3, 0.4) is 0 Å². The summed E-state index contributed by atoms with van der Waals surface area (Å²) in [5.74, 6) is -1.74. The van der Waals surface area contributed by atoms with Gasteiger partial charge in [-0.1, -0.05) is 0 Å². The predicted molar refractivity (Wildman–Crippen MR) is 222 cm³/mol. The lowest BCUT2D eigenvalue weighted by molar-refractivity contribution is -0.372. The maximum atomic E-state index is 12.6. The van der Waals surface area contributed by atoms with E-state index < -0.39 is 223 Å². The minimum absolute atomic E-state index is 0.109. The molecule has 0 aromatic heterocycles. The maximum Gasteiger partial charge on any atom is 0.217 e. The van der Waals surface area contributed by atoms with E-state index in [2.05, 4.69) is 10.6 Å². The molecule has 5 heterocycles. The van der Waals surface area contributed by atoms with Gasteiger partial charge in [-0.3, -0.25) is 9.59 Å². The van der Waals surface area contributed by atoms with Crippen LogP contribution in [-0.4, -0.2) is 316 Å². The number of ether oxygens (including phenoxy) is 10. The van der Waals surface area contributed by atoms with Crippen molar-refractivity contribution in [3.63, 3.8) is 0 Å². The normalized spacial score (nSPS) is 45.6. The summed E-state index contributed by atoms with van der Waals surface area (Å²) < 4.78 is 56.6. The highest BCUT2D eigenvalue weighted by atomic mass is 16.8. The van der Waals surface area contributed by atoms with E-state index in [1.807, 2.05) is 0 Å². The van der Waals surface area contributed by atoms with Crippen LogP contribution >= 0.6 is 0 Å². The van der Waals surface area contributed by atoms with Crippen LogP contribution in [0, 0.1) is 0 Å².